The molecule has 3 nitrogen and oxygen atoms in total. The van der Waals surface area contributed by atoms with Gasteiger partial charge in [0.1, 0.15) is 16.4 Å². The van der Waals surface area contributed by atoms with Crippen molar-refractivity contribution in [2.45, 2.75) is 51.8 Å². The summed E-state index contributed by atoms with van der Waals surface area (Å²) in [5.41, 5.74) is 0.707. The second kappa shape index (κ2) is 6.14. The maximum Gasteiger partial charge on any atom is 0.274 e. The summed E-state index contributed by atoms with van der Waals surface area (Å²) in [6.07, 6.45) is 1.72. The number of thiazole rings is 1. The molecule has 119 valence electrons. The van der Waals surface area contributed by atoms with Crippen LogP contribution in [0, 0.1) is 0 Å². The molecule has 1 radical (unpaired) electrons. The van der Waals surface area contributed by atoms with Crippen LogP contribution in [0.3, 0.4) is 0 Å². The first-order valence-corrected chi connectivity index (χ1v) is 10.7. The van der Waals surface area contributed by atoms with Crippen LogP contribution >= 0.6 is 11.3 Å². The first kappa shape index (κ1) is 17.2. The van der Waals surface area contributed by atoms with E-state index in [1.54, 1.807) is 13.1 Å². The van der Waals surface area contributed by atoms with Crippen LogP contribution in [0.5, 0.6) is 5.75 Å². The van der Waals surface area contributed by atoms with E-state index in [9.17, 15) is 5.11 Å². The molecule has 0 aliphatic carbocycles. The van der Waals surface area contributed by atoms with Gasteiger partial charge < -0.3 is 9.53 Å². The molecular formula is C17H24NO2SSi. The number of nitrogens with zero attached hydrogens (tertiary/aromatic N) is 1. The lowest BCUT2D eigenvalue weighted by molar-refractivity contribution is 0.0996. The zero-order valence-corrected chi connectivity index (χ0v) is 15.9. The third kappa shape index (κ3) is 3.42. The summed E-state index contributed by atoms with van der Waals surface area (Å²) in [4.78, 5) is 4.30. The Morgan fingerprint density at radius 2 is 1.77 bits per heavy atom. The van der Waals surface area contributed by atoms with Crippen LogP contribution in [0.25, 0.3) is 0 Å². The molecule has 2 rings (SSSR count). The molecule has 0 aliphatic rings. The van der Waals surface area contributed by atoms with E-state index in [-0.39, 0.29) is 5.41 Å². The molecule has 0 amide bonds. The van der Waals surface area contributed by atoms with Gasteiger partial charge in [0.05, 0.1) is 0 Å². The van der Waals surface area contributed by atoms with Crippen molar-refractivity contribution in [1.29, 1.82) is 0 Å². The molecule has 1 heterocycles. The van der Waals surface area contributed by atoms with Crippen LogP contribution in [0.1, 0.15) is 43.8 Å². The van der Waals surface area contributed by atoms with Gasteiger partial charge in [0, 0.05) is 17.1 Å². The average Bonchev–Trinajstić information content (AvgIpc) is 2.91. The van der Waals surface area contributed by atoms with Crippen molar-refractivity contribution in [3.63, 3.8) is 0 Å². The van der Waals surface area contributed by atoms with E-state index in [1.807, 2.05) is 17.5 Å². The van der Waals surface area contributed by atoms with Gasteiger partial charge in [-0.2, -0.15) is 0 Å². The van der Waals surface area contributed by atoms with Crippen LogP contribution in [0.4, 0.5) is 0 Å². The molecular weight excluding hydrogens is 310 g/mol. The Hall–Kier alpha value is -1.17. The van der Waals surface area contributed by atoms with Crippen LogP contribution in [0.2, 0.25) is 13.1 Å². The lowest BCUT2D eigenvalue weighted by atomic mass is 9.82. The smallest absolute Gasteiger partial charge is 0.274 e. The highest BCUT2D eigenvalue weighted by Crippen LogP contribution is 2.42. The number of aromatic nitrogens is 1. The quantitative estimate of drug-likeness (QED) is 0.846. The topological polar surface area (TPSA) is 42.4 Å². The number of hydrogen-bond donors (Lipinski definition) is 1. The molecule has 5 heteroatoms. The van der Waals surface area contributed by atoms with Crippen molar-refractivity contribution in [2.24, 2.45) is 0 Å². The largest absolute Gasteiger partial charge is 0.542 e. The Morgan fingerprint density at radius 3 is 2.27 bits per heavy atom. The molecule has 1 unspecified atom stereocenters. The maximum atomic E-state index is 11.1. The highest BCUT2D eigenvalue weighted by atomic mass is 32.1. The highest BCUT2D eigenvalue weighted by Gasteiger charge is 2.34. The predicted molar refractivity (Wildman–Crippen MR) is 94.0 cm³/mol. The summed E-state index contributed by atoms with van der Waals surface area (Å²) >= 11 is 1.46. The molecule has 0 spiro atoms. The van der Waals surface area contributed by atoms with Crippen molar-refractivity contribution >= 4 is 20.4 Å². The minimum Gasteiger partial charge on any atom is -0.542 e. The van der Waals surface area contributed by atoms with Gasteiger partial charge in [-0.05, 0) is 31.0 Å². The van der Waals surface area contributed by atoms with Gasteiger partial charge in [-0.25, -0.2) is 4.98 Å². The Balaban J connectivity index is 2.65. The Morgan fingerprint density at radius 1 is 1.14 bits per heavy atom. The molecule has 1 N–H and O–H groups in total. The van der Waals surface area contributed by atoms with Gasteiger partial charge >= 0.3 is 0 Å². The summed E-state index contributed by atoms with van der Waals surface area (Å²) in [5.74, 6) is 0.814. The van der Waals surface area contributed by atoms with Crippen LogP contribution in [-0.2, 0) is 11.0 Å². The summed E-state index contributed by atoms with van der Waals surface area (Å²) in [6, 6.07) is 6.01. The van der Waals surface area contributed by atoms with Gasteiger partial charge in [0.15, 0.2) is 0 Å². The first-order chi connectivity index (χ1) is 10.1. The molecule has 22 heavy (non-hydrogen) atoms. The van der Waals surface area contributed by atoms with E-state index >= 15 is 0 Å². The van der Waals surface area contributed by atoms with E-state index < -0.39 is 14.6 Å². The molecule has 1 aromatic heterocycles. The van der Waals surface area contributed by atoms with Crippen LogP contribution in [-0.4, -0.2) is 19.1 Å². The second-order valence-electron chi connectivity index (χ2n) is 6.85. The van der Waals surface area contributed by atoms with Crippen molar-refractivity contribution in [3.8, 4) is 5.75 Å². The summed E-state index contributed by atoms with van der Waals surface area (Å²) < 4.78 is 6.21. The number of hydrogen-bond acceptors (Lipinski definition) is 4. The third-order valence-electron chi connectivity index (χ3n) is 3.50. The zero-order valence-electron chi connectivity index (χ0n) is 14.1. The Labute approximate surface area is 138 Å². The number of rotatable bonds is 4. The van der Waals surface area contributed by atoms with Gasteiger partial charge in [-0.1, -0.05) is 39.0 Å². The third-order valence-corrected chi connectivity index (χ3v) is 5.10. The van der Waals surface area contributed by atoms with Gasteiger partial charge in [-0.15, -0.1) is 11.3 Å². The summed E-state index contributed by atoms with van der Waals surface area (Å²) in [5, 5.41) is 13.7. The molecule has 0 saturated carbocycles. The Kier molecular flexibility index (Phi) is 4.80. The minimum atomic E-state index is -1.15. The lowest BCUT2D eigenvalue weighted by Gasteiger charge is -2.30. The molecule has 0 fully saturated rings. The van der Waals surface area contributed by atoms with Crippen LogP contribution < -0.4 is 4.43 Å². The summed E-state index contributed by atoms with van der Waals surface area (Å²) in [7, 11) is -0.946. The normalized spacial score (nSPS) is 14.9. The number of aliphatic hydroxyl groups is 1. The molecule has 2 aromatic rings. The lowest BCUT2D eigenvalue weighted by Crippen LogP contribution is -2.27. The fourth-order valence-corrected chi connectivity index (χ4v) is 3.74. The number of para-hydroxylation sites is 1. The van der Waals surface area contributed by atoms with Gasteiger partial charge in [-0.3, -0.25) is 0 Å². The fraction of sp³-hybridized carbons (Fsp3) is 0.471. The predicted octanol–water partition coefficient (Wildman–Crippen LogP) is 4.33. The van der Waals surface area contributed by atoms with E-state index in [1.165, 1.54) is 11.3 Å². The first-order valence-electron chi connectivity index (χ1n) is 7.38. The van der Waals surface area contributed by atoms with Crippen molar-refractivity contribution in [1.82, 2.24) is 4.98 Å². The maximum absolute atomic E-state index is 11.1. The molecule has 0 saturated heterocycles. The summed E-state index contributed by atoms with van der Waals surface area (Å²) in [6.45, 7) is 12.5. The van der Waals surface area contributed by atoms with E-state index in [4.69, 9.17) is 4.43 Å². The SMILES string of the molecule is C[Si](C)Oc1c(C(C)(C)C)cccc1C(C)(O)c1nccs1. The molecule has 1 aromatic carbocycles. The number of benzene rings is 1. The highest BCUT2D eigenvalue weighted by molar-refractivity contribution is 7.09. The monoisotopic (exact) mass is 334 g/mol. The van der Waals surface area contributed by atoms with E-state index in [0.717, 1.165) is 16.9 Å². The Bertz CT molecular complexity index is 631. The average molecular weight is 335 g/mol. The fourth-order valence-electron chi connectivity index (χ4n) is 2.40. The van der Waals surface area contributed by atoms with Gasteiger partial charge in [0.2, 0.25) is 0 Å². The van der Waals surface area contributed by atoms with Crippen molar-refractivity contribution in [2.75, 3.05) is 0 Å². The molecule has 0 bridgehead atoms. The molecule has 0 aliphatic heterocycles. The van der Waals surface area contributed by atoms with Crippen LogP contribution in [0.15, 0.2) is 29.8 Å². The van der Waals surface area contributed by atoms with E-state index in [0.29, 0.717) is 5.01 Å². The van der Waals surface area contributed by atoms with Crippen molar-refractivity contribution < 1.29 is 9.53 Å². The standard InChI is InChI=1S/C17H24NO2SSi/c1-16(2,3)12-8-7-9-13(14(12)20-22(5)6)17(4,19)15-18-10-11-21-15/h7-11,19H,1-6H3. The zero-order chi connectivity index (χ0) is 16.5. The van der Waals surface area contributed by atoms with Crippen molar-refractivity contribution in [3.05, 3.63) is 45.9 Å². The van der Waals surface area contributed by atoms with Gasteiger partial charge in [0.25, 0.3) is 9.04 Å². The molecule has 1 atom stereocenters. The second-order valence-corrected chi connectivity index (χ2v) is 9.77. The van der Waals surface area contributed by atoms with E-state index in [2.05, 4.69) is 44.9 Å². The minimum absolute atomic E-state index is 0.0540.